The number of unbranched alkanes of at least 4 members (excludes halogenated alkanes) is 5. The molecule has 132 valence electrons. The van der Waals surface area contributed by atoms with Gasteiger partial charge in [-0.2, -0.15) is 0 Å². The largest absolute Gasteiger partial charge is 0.461 e. The lowest BCUT2D eigenvalue weighted by molar-refractivity contribution is -0.148. The summed E-state index contributed by atoms with van der Waals surface area (Å²) in [4.78, 5) is 23.1. The summed E-state index contributed by atoms with van der Waals surface area (Å²) in [6, 6.07) is 9.44. The molecular formula is C20H28O4. The van der Waals surface area contributed by atoms with Crippen molar-refractivity contribution in [1.29, 1.82) is 0 Å². The molecule has 1 rings (SSSR count). The third kappa shape index (κ3) is 10.6. The van der Waals surface area contributed by atoms with Gasteiger partial charge in [-0.15, -0.1) is 0 Å². The molecule has 0 aliphatic heterocycles. The molecule has 0 N–H and O–H groups in total. The molecule has 0 fully saturated rings. The van der Waals surface area contributed by atoms with Crippen LogP contribution in [-0.2, 0) is 25.7 Å². The molecule has 0 spiro atoms. The van der Waals surface area contributed by atoms with E-state index in [1.807, 2.05) is 36.4 Å². The van der Waals surface area contributed by atoms with Gasteiger partial charge in [-0.05, 0) is 24.5 Å². The summed E-state index contributed by atoms with van der Waals surface area (Å²) < 4.78 is 10.1. The normalized spacial score (nSPS) is 10.7. The molecule has 1 aromatic carbocycles. The van der Waals surface area contributed by atoms with E-state index in [0.717, 1.165) is 18.4 Å². The topological polar surface area (TPSA) is 52.6 Å². The SMILES string of the molecule is CCCCCCC/C=C/OC(=O)CCC(=O)OCc1ccccc1. The Morgan fingerprint density at radius 3 is 2.42 bits per heavy atom. The number of allylic oxidation sites excluding steroid dienone is 1. The van der Waals surface area contributed by atoms with Crippen molar-refractivity contribution < 1.29 is 19.1 Å². The fraction of sp³-hybridized carbons (Fsp3) is 0.500. The molecular weight excluding hydrogens is 304 g/mol. The Morgan fingerprint density at radius 2 is 1.67 bits per heavy atom. The molecule has 24 heavy (non-hydrogen) atoms. The Morgan fingerprint density at radius 1 is 0.958 bits per heavy atom. The van der Waals surface area contributed by atoms with E-state index >= 15 is 0 Å². The smallest absolute Gasteiger partial charge is 0.311 e. The van der Waals surface area contributed by atoms with Crippen LogP contribution in [0.4, 0.5) is 0 Å². The van der Waals surface area contributed by atoms with E-state index in [2.05, 4.69) is 6.92 Å². The van der Waals surface area contributed by atoms with Gasteiger partial charge in [0.05, 0.1) is 19.1 Å². The van der Waals surface area contributed by atoms with Crippen LogP contribution in [0.25, 0.3) is 0 Å². The maximum atomic E-state index is 11.6. The summed E-state index contributed by atoms with van der Waals surface area (Å²) in [5, 5.41) is 0. The highest BCUT2D eigenvalue weighted by atomic mass is 16.5. The quantitative estimate of drug-likeness (QED) is 0.309. The van der Waals surface area contributed by atoms with E-state index < -0.39 is 11.9 Å². The second-order valence-corrected chi connectivity index (χ2v) is 5.71. The number of rotatable bonds is 12. The Hall–Kier alpha value is -2.10. The van der Waals surface area contributed by atoms with Crippen molar-refractivity contribution in [3.63, 3.8) is 0 Å². The van der Waals surface area contributed by atoms with Crippen molar-refractivity contribution in [3.05, 3.63) is 48.2 Å². The number of hydrogen-bond acceptors (Lipinski definition) is 4. The maximum Gasteiger partial charge on any atom is 0.311 e. The molecule has 0 aliphatic carbocycles. The molecule has 0 aromatic heterocycles. The fourth-order valence-corrected chi connectivity index (χ4v) is 2.13. The number of hydrogen-bond donors (Lipinski definition) is 0. The summed E-state index contributed by atoms with van der Waals surface area (Å²) in [7, 11) is 0. The van der Waals surface area contributed by atoms with Gasteiger partial charge in [-0.1, -0.05) is 62.9 Å². The Balaban J connectivity index is 2.03. The van der Waals surface area contributed by atoms with Crippen molar-refractivity contribution in [1.82, 2.24) is 0 Å². The summed E-state index contributed by atoms with van der Waals surface area (Å²) in [6.07, 6.45) is 10.4. The molecule has 0 unspecified atom stereocenters. The van der Waals surface area contributed by atoms with Crippen LogP contribution >= 0.6 is 0 Å². The van der Waals surface area contributed by atoms with Gasteiger partial charge < -0.3 is 9.47 Å². The molecule has 0 radical (unpaired) electrons. The standard InChI is InChI=1S/C20H28O4/c1-2-3-4-5-6-7-11-16-23-19(21)14-15-20(22)24-17-18-12-9-8-10-13-18/h8-13,16H,2-7,14-15,17H2,1H3/b16-11+. The van der Waals surface area contributed by atoms with E-state index in [9.17, 15) is 9.59 Å². The van der Waals surface area contributed by atoms with Crippen molar-refractivity contribution >= 4 is 11.9 Å². The minimum absolute atomic E-state index is 0.0362. The fourth-order valence-electron chi connectivity index (χ4n) is 2.13. The number of esters is 2. The zero-order valence-corrected chi connectivity index (χ0v) is 14.5. The zero-order chi connectivity index (χ0) is 17.5. The van der Waals surface area contributed by atoms with E-state index in [4.69, 9.17) is 9.47 Å². The molecule has 0 aliphatic rings. The van der Waals surface area contributed by atoms with Gasteiger partial charge in [-0.25, -0.2) is 0 Å². The highest BCUT2D eigenvalue weighted by molar-refractivity contribution is 5.77. The van der Waals surface area contributed by atoms with Crippen LogP contribution in [0.3, 0.4) is 0 Å². The Bertz CT molecular complexity index is 494. The monoisotopic (exact) mass is 332 g/mol. The summed E-state index contributed by atoms with van der Waals surface area (Å²) >= 11 is 0. The minimum Gasteiger partial charge on any atom is -0.461 e. The molecule has 0 amide bonds. The second-order valence-electron chi connectivity index (χ2n) is 5.71. The molecule has 1 aromatic rings. The molecule has 0 saturated carbocycles. The van der Waals surface area contributed by atoms with Crippen LogP contribution in [0.1, 0.15) is 63.9 Å². The summed E-state index contributed by atoms with van der Waals surface area (Å²) in [5.74, 6) is -0.801. The van der Waals surface area contributed by atoms with Gasteiger partial charge in [0.1, 0.15) is 6.61 Å². The Labute approximate surface area is 144 Å². The lowest BCUT2D eigenvalue weighted by atomic mass is 10.1. The third-order valence-corrected chi connectivity index (χ3v) is 3.55. The molecule has 0 heterocycles. The van der Waals surface area contributed by atoms with E-state index in [1.165, 1.54) is 31.9 Å². The predicted molar refractivity (Wildman–Crippen MR) is 94.1 cm³/mol. The number of ether oxygens (including phenoxy) is 2. The molecule has 0 saturated heterocycles. The van der Waals surface area contributed by atoms with Crippen molar-refractivity contribution in [3.8, 4) is 0 Å². The third-order valence-electron chi connectivity index (χ3n) is 3.55. The van der Waals surface area contributed by atoms with Gasteiger partial charge in [0, 0.05) is 0 Å². The zero-order valence-electron chi connectivity index (χ0n) is 14.5. The lowest BCUT2D eigenvalue weighted by Crippen LogP contribution is -2.08. The van der Waals surface area contributed by atoms with Crippen LogP contribution in [0, 0.1) is 0 Å². The average molecular weight is 332 g/mol. The van der Waals surface area contributed by atoms with Crippen LogP contribution < -0.4 is 0 Å². The van der Waals surface area contributed by atoms with Crippen molar-refractivity contribution in [2.24, 2.45) is 0 Å². The van der Waals surface area contributed by atoms with E-state index in [-0.39, 0.29) is 19.4 Å². The first-order chi connectivity index (χ1) is 11.7. The Kier molecular flexibility index (Phi) is 11.1. The van der Waals surface area contributed by atoms with Gasteiger partial charge in [0.25, 0.3) is 0 Å². The van der Waals surface area contributed by atoms with Crippen LogP contribution in [0.15, 0.2) is 42.7 Å². The average Bonchev–Trinajstić information content (AvgIpc) is 2.61. The lowest BCUT2D eigenvalue weighted by Gasteiger charge is -2.04. The van der Waals surface area contributed by atoms with Crippen LogP contribution in [-0.4, -0.2) is 11.9 Å². The first kappa shape index (κ1) is 19.9. The minimum atomic E-state index is -0.408. The molecule has 0 bridgehead atoms. The number of carbonyl (C=O) groups is 2. The van der Waals surface area contributed by atoms with Gasteiger partial charge in [-0.3, -0.25) is 9.59 Å². The summed E-state index contributed by atoms with van der Waals surface area (Å²) in [5.41, 5.74) is 0.926. The summed E-state index contributed by atoms with van der Waals surface area (Å²) in [6.45, 7) is 2.42. The van der Waals surface area contributed by atoms with Crippen LogP contribution in [0.2, 0.25) is 0 Å². The maximum absolute atomic E-state index is 11.6. The second kappa shape index (κ2) is 13.3. The van der Waals surface area contributed by atoms with Gasteiger partial charge >= 0.3 is 11.9 Å². The number of benzene rings is 1. The first-order valence-electron chi connectivity index (χ1n) is 8.76. The first-order valence-corrected chi connectivity index (χ1v) is 8.76. The highest BCUT2D eigenvalue weighted by Gasteiger charge is 2.08. The molecule has 4 heteroatoms. The van der Waals surface area contributed by atoms with Gasteiger partial charge in [0.15, 0.2) is 0 Å². The van der Waals surface area contributed by atoms with E-state index in [0.29, 0.717) is 0 Å². The highest BCUT2D eigenvalue weighted by Crippen LogP contribution is 2.06. The van der Waals surface area contributed by atoms with Crippen molar-refractivity contribution in [2.45, 2.75) is 64.9 Å². The van der Waals surface area contributed by atoms with E-state index in [1.54, 1.807) is 0 Å². The van der Waals surface area contributed by atoms with Crippen molar-refractivity contribution in [2.75, 3.05) is 0 Å². The van der Waals surface area contributed by atoms with Crippen LogP contribution in [0.5, 0.6) is 0 Å². The molecule has 0 atom stereocenters. The predicted octanol–water partition coefficient (Wildman–Crippen LogP) is 4.93. The number of carbonyl (C=O) groups excluding carboxylic acids is 2. The van der Waals surface area contributed by atoms with Gasteiger partial charge in [0.2, 0.25) is 0 Å². The molecule has 4 nitrogen and oxygen atoms in total.